The Morgan fingerprint density at radius 3 is 2.50 bits per heavy atom. The van der Waals surface area contributed by atoms with Gasteiger partial charge in [0.2, 0.25) is 0 Å². The summed E-state index contributed by atoms with van der Waals surface area (Å²) in [5, 5.41) is 0. The summed E-state index contributed by atoms with van der Waals surface area (Å²) < 4.78 is 0. The van der Waals surface area contributed by atoms with E-state index in [0.29, 0.717) is 0 Å². The summed E-state index contributed by atoms with van der Waals surface area (Å²) in [6, 6.07) is 7.36. The van der Waals surface area contributed by atoms with Crippen molar-refractivity contribution < 1.29 is 0 Å². The van der Waals surface area contributed by atoms with Crippen molar-refractivity contribution in [1.29, 1.82) is 0 Å². The maximum absolute atomic E-state index is 4.07. The molecular weight excluding hydrogens is 240 g/mol. The Morgan fingerprint density at radius 2 is 1.80 bits per heavy atom. The van der Waals surface area contributed by atoms with Crippen molar-refractivity contribution >= 4 is 0 Å². The van der Waals surface area contributed by atoms with Crippen LogP contribution in [0.2, 0.25) is 0 Å². The first-order valence-electron chi connectivity index (χ1n) is 8.38. The highest BCUT2D eigenvalue weighted by molar-refractivity contribution is 5.37. The molecule has 2 aliphatic carbocycles. The van der Waals surface area contributed by atoms with Gasteiger partial charge in [0.1, 0.15) is 0 Å². The molecule has 108 valence electrons. The number of benzene rings is 1. The maximum Gasteiger partial charge on any atom is -0.0162 e. The quantitative estimate of drug-likeness (QED) is 0.620. The molecule has 20 heavy (non-hydrogen) atoms. The molecule has 0 radical (unpaired) electrons. The molecule has 0 bridgehead atoms. The van der Waals surface area contributed by atoms with Gasteiger partial charge >= 0.3 is 0 Å². The van der Waals surface area contributed by atoms with E-state index < -0.39 is 0 Å². The lowest BCUT2D eigenvalue weighted by Crippen LogP contribution is -2.13. The Balaban J connectivity index is 1.64. The number of fused-ring (bicyclic) bond motifs is 1. The van der Waals surface area contributed by atoms with E-state index in [1.165, 1.54) is 50.5 Å². The van der Waals surface area contributed by atoms with Gasteiger partial charge in [-0.2, -0.15) is 0 Å². The lowest BCUT2D eigenvalue weighted by Gasteiger charge is -2.29. The van der Waals surface area contributed by atoms with Crippen LogP contribution in [0.25, 0.3) is 0 Å². The van der Waals surface area contributed by atoms with E-state index in [1.807, 2.05) is 0 Å². The lowest BCUT2D eigenvalue weighted by molar-refractivity contribution is 0.324. The first-order valence-corrected chi connectivity index (χ1v) is 8.38. The van der Waals surface area contributed by atoms with Crippen LogP contribution in [0.5, 0.6) is 0 Å². The molecule has 0 heterocycles. The normalized spacial score (nSPS) is 29.2. The summed E-state index contributed by atoms with van der Waals surface area (Å²) in [5.74, 6) is 2.57. The van der Waals surface area contributed by atoms with Crippen molar-refractivity contribution in [1.82, 2.24) is 0 Å². The van der Waals surface area contributed by atoms with E-state index in [9.17, 15) is 0 Å². The van der Waals surface area contributed by atoms with E-state index in [-0.39, 0.29) is 0 Å². The van der Waals surface area contributed by atoms with Gasteiger partial charge in [0.25, 0.3) is 0 Å². The zero-order valence-corrected chi connectivity index (χ0v) is 13.1. The van der Waals surface area contributed by atoms with Gasteiger partial charge in [-0.1, -0.05) is 30.7 Å². The van der Waals surface area contributed by atoms with Crippen LogP contribution in [-0.2, 0) is 12.8 Å². The van der Waals surface area contributed by atoms with Crippen molar-refractivity contribution in [2.24, 2.45) is 11.8 Å². The third-order valence-electron chi connectivity index (χ3n) is 5.32. The van der Waals surface area contributed by atoms with Gasteiger partial charge in [0.05, 0.1) is 0 Å². The zero-order chi connectivity index (χ0) is 14.1. The summed E-state index contributed by atoms with van der Waals surface area (Å²) in [7, 11) is 0. The Morgan fingerprint density at radius 1 is 1.10 bits per heavy atom. The van der Waals surface area contributed by atoms with Crippen LogP contribution in [0.15, 0.2) is 30.4 Å². The highest BCUT2D eigenvalue weighted by Gasteiger charge is 2.24. The molecule has 2 aliphatic rings. The van der Waals surface area contributed by atoms with Crippen LogP contribution in [0.1, 0.15) is 68.6 Å². The van der Waals surface area contributed by atoms with Crippen molar-refractivity contribution in [2.75, 3.05) is 0 Å². The molecule has 0 amide bonds. The van der Waals surface area contributed by atoms with Gasteiger partial charge < -0.3 is 0 Å². The van der Waals surface area contributed by atoms with Crippen LogP contribution < -0.4 is 0 Å². The molecule has 0 saturated heterocycles. The van der Waals surface area contributed by atoms with Crippen molar-refractivity contribution in [3.8, 4) is 0 Å². The monoisotopic (exact) mass is 268 g/mol. The molecule has 1 atom stereocenters. The molecule has 0 nitrogen and oxygen atoms in total. The zero-order valence-electron chi connectivity index (χ0n) is 13.1. The van der Waals surface area contributed by atoms with E-state index in [1.54, 1.807) is 16.7 Å². The first kappa shape index (κ1) is 13.9. The molecule has 0 heteroatoms. The van der Waals surface area contributed by atoms with Crippen LogP contribution in [0, 0.1) is 11.8 Å². The van der Waals surface area contributed by atoms with Gasteiger partial charge in [-0.05, 0) is 86.3 Å². The van der Waals surface area contributed by atoms with E-state index in [0.717, 1.165) is 17.8 Å². The van der Waals surface area contributed by atoms with E-state index in [2.05, 4.69) is 38.6 Å². The summed E-state index contributed by atoms with van der Waals surface area (Å²) in [5.41, 5.74) is 6.22. The molecule has 1 fully saturated rings. The van der Waals surface area contributed by atoms with Crippen LogP contribution in [0.4, 0.5) is 0 Å². The fourth-order valence-corrected chi connectivity index (χ4v) is 4.30. The van der Waals surface area contributed by atoms with Crippen molar-refractivity contribution in [2.45, 2.75) is 64.7 Å². The second-order valence-corrected chi connectivity index (χ2v) is 7.42. The molecule has 0 aliphatic heterocycles. The third kappa shape index (κ3) is 3.00. The molecule has 1 aromatic carbocycles. The molecule has 1 saturated carbocycles. The summed E-state index contributed by atoms with van der Waals surface area (Å²) in [4.78, 5) is 0. The second kappa shape index (κ2) is 5.76. The minimum atomic E-state index is 0.817. The molecule has 1 unspecified atom stereocenters. The minimum absolute atomic E-state index is 0.817. The number of rotatable bonds is 3. The largest absolute Gasteiger partial charge is 0.100 e. The summed E-state index contributed by atoms with van der Waals surface area (Å²) in [6.07, 6.45) is 9.39. The fraction of sp³-hybridized carbons (Fsp3) is 0.600. The molecule has 0 aromatic heterocycles. The van der Waals surface area contributed by atoms with Crippen LogP contribution in [-0.4, -0.2) is 0 Å². The minimum Gasteiger partial charge on any atom is -0.100 e. The summed E-state index contributed by atoms with van der Waals surface area (Å²) >= 11 is 0. The lowest BCUT2D eigenvalue weighted by atomic mass is 9.76. The van der Waals surface area contributed by atoms with Gasteiger partial charge in [-0.3, -0.25) is 0 Å². The Labute approximate surface area is 124 Å². The fourth-order valence-electron chi connectivity index (χ4n) is 4.30. The molecule has 0 N–H and O–H groups in total. The smallest absolute Gasteiger partial charge is 0.0162 e. The highest BCUT2D eigenvalue weighted by atomic mass is 14.3. The molecule has 3 rings (SSSR count). The van der Waals surface area contributed by atoms with Crippen molar-refractivity contribution in [3.05, 3.63) is 47.0 Å². The van der Waals surface area contributed by atoms with E-state index in [4.69, 9.17) is 0 Å². The van der Waals surface area contributed by atoms with Crippen molar-refractivity contribution in [3.63, 3.8) is 0 Å². The Hall–Kier alpha value is -1.04. The average molecular weight is 268 g/mol. The predicted molar refractivity (Wildman–Crippen MR) is 87.1 cm³/mol. The SMILES string of the molecule is C=C(C)CC1CCC(c2ccc3c(c2)CC(C)C3)CC1. The van der Waals surface area contributed by atoms with Crippen LogP contribution in [0.3, 0.4) is 0 Å². The van der Waals surface area contributed by atoms with Gasteiger partial charge in [-0.15, -0.1) is 6.58 Å². The molecular formula is C20H28. The average Bonchev–Trinajstić information content (AvgIpc) is 2.78. The molecule has 1 aromatic rings. The van der Waals surface area contributed by atoms with Gasteiger partial charge in [0, 0.05) is 0 Å². The second-order valence-electron chi connectivity index (χ2n) is 7.42. The first-order chi connectivity index (χ1) is 9.61. The van der Waals surface area contributed by atoms with E-state index >= 15 is 0 Å². The summed E-state index contributed by atoms with van der Waals surface area (Å²) in [6.45, 7) is 8.62. The number of hydrogen-bond acceptors (Lipinski definition) is 0. The van der Waals surface area contributed by atoms with Gasteiger partial charge in [-0.25, -0.2) is 0 Å². The predicted octanol–water partition coefficient (Wildman–Crippen LogP) is 5.66. The standard InChI is InChI=1S/C20H28/c1-14(2)10-16-4-6-17(7-5-16)19-9-8-18-11-15(3)12-20(18)13-19/h8-9,13,15-17H,1,4-7,10-12H2,2-3H3. The Kier molecular flexibility index (Phi) is 4.01. The highest BCUT2D eigenvalue weighted by Crippen LogP contribution is 2.39. The topological polar surface area (TPSA) is 0 Å². The maximum atomic E-state index is 4.07. The Bertz CT molecular complexity index is 489. The van der Waals surface area contributed by atoms with Gasteiger partial charge in [0.15, 0.2) is 0 Å². The molecule has 0 spiro atoms. The third-order valence-corrected chi connectivity index (χ3v) is 5.32. The van der Waals surface area contributed by atoms with Crippen LogP contribution >= 0.6 is 0 Å². The number of hydrogen-bond donors (Lipinski definition) is 0. The number of allylic oxidation sites excluding steroid dienone is 1.